The van der Waals surface area contributed by atoms with Crippen LogP contribution in [0.25, 0.3) is 0 Å². The number of carbonyl (C=O) groups excluding carboxylic acids is 1. The number of para-hydroxylation sites is 2. The molecule has 2 saturated heterocycles. The standard InChI is InChI=1S/C26H32N2O4.C2H4O2/c1-2-11-28-16-20-24-18-7-3-5-9-22(18)31-14-12-30-13-15-32-23-10-6-4-8-19(23)25(27-24)21(17-28)26(20)29;1-2(3)4/h3-10,20-21,24-25,27H,2,11-17H2,1H3;1H3,(H,3,4)/t20-,21+,24-,25+;. The molecule has 0 unspecified atom stereocenters. The summed E-state index contributed by atoms with van der Waals surface area (Å²) < 4.78 is 17.9. The molecule has 0 saturated carbocycles. The van der Waals surface area contributed by atoms with Crippen LogP contribution in [0.4, 0.5) is 0 Å². The first-order valence-corrected chi connectivity index (χ1v) is 12.7. The quantitative estimate of drug-likeness (QED) is 0.652. The zero-order chi connectivity index (χ0) is 25.5. The van der Waals surface area contributed by atoms with E-state index in [1.54, 1.807) is 0 Å². The summed E-state index contributed by atoms with van der Waals surface area (Å²) in [4.78, 5) is 25.2. The van der Waals surface area contributed by atoms with Crippen LogP contribution < -0.4 is 14.8 Å². The molecule has 3 heterocycles. The molecule has 3 aliphatic rings. The number of piperidine rings is 2. The van der Waals surface area contributed by atoms with E-state index < -0.39 is 5.97 Å². The Balaban J connectivity index is 0.000000709. The van der Waals surface area contributed by atoms with Gasteiger partial charge in [0, 0.05) is 43.2 Å². The van der Waals surface area contributed by atoms with E-state index in [4.69, 9.17) is 24.1 Å². The van der Waals surface area contributed by atoms with Gasteiger partial charge in [-0.1, -0.05) is 43.3 Å². The molecule has 194 valence electrons. The Bertz CT molecular complexity index is 971. The van der Waals surface area contributed by atoms with Crippen LogP contribution in [0.5, 0.6) is 11.5 Å². The number of nitrogens with one attached hydrogen (secondary N) is 1. The number of fused-ring (bicyclic) bond motifs is 10. The maximum atomic E-state index is 13.8. The molecule has 2 aromatic carbocycles. The van der Waals surface area contributed by atoms with Crippen molar-refractivity contribution in [1.82, 2.24) is 10.2 Å². The van der Waals surface area contributed by atoms with Crippen molar-refractivity contribution in [2.75, 3.05) is 46.1 Å². The molecule has 0 aromatic heterocycles. The highest BCUT2D eigenvalue weighted by molar-refractivity contribution is 5.87. The molecule has 2 N–H and O–H groups in total. The Morgan fingerprint density at radius 2 is 1.39 bits per heavy atom. The summed E-state index contributed by atoms with van der Waals surface area (Å²) in [5, 5.41) is 11.3. The second-order valence-corrected chi connectivity index (χ2v) is 9.40. The molecule has 0 aliphatic carbocycles. The minimum atomic E-state index is -0.833. The molecular weight excluding hydrogens is 460 g/mol. The Labute approximate surface area is 212 Å². The van der Waals surface area contributed by atoms with Crippen molar-refractivity contribution in [2.45, 2.75) is 32.4 Å². The van der Waals surface area contributed by atoms with E-state index in [1.807, 2.05) is 36.4 Å². The molecule has 36 heavy (non-hydrogen) atoms. The third kappa shape index (κ3) is 6.06. The number of likely N-dealkylation sites (tertiary alicyclic amines) is 1. The van der Waals surface area contributed by atoms with Crippen molar-refractivity contribution in [3.63, 3.8) is 0 Å². The summed E-state index contributed by atoms with van der Waals surface area (Å²) >= 11 is 0. The number of carboxylic acid groups (broad SMARTS) is 1. The van der Waals surface area contributed by atoms with Crippen molar-refractivity contribution < 1.29 is 28.9 Å². The highest BCUT2D eigenvalue weighted by atomic mass is 16.5. The molecule has 8 nitrogen and oxygen atoms in total. The van der Waals surface area contributed by atoms with Crippen molar-refractivity contribution in [3.05, 3.63) is 59.7 Å². The summed E-state index contributed by atoms with van der Waals surface area (Å²) in [6.45, 7) is 7.77. The summed E-state index contributed by atoms with van der Waals surface area (Å²) in [5.74, 6) is 0.976. The molecule has 0 radical (unpaired) electrons. The number of Topliss-reactive ketones (excluding diaryl/α,β-unsaturated/α-hetero) is 1. The second kappa shape index (κ2) is 12.3. The van der Waals surface area contributed by atoms with Gasteiger partial charge in [-0.05, 0) is 25.1 Å². The van der Waals surface area contributed by atoms with Crippen LogP contribution in [0.3, 0.4) is 0 Å². The smallest absolute Gasteiger partial charge is 0.300 e. The van der Waals surface area contributed by atoms with E-state index >= 15 is 0 Å². The van der Waals surface area contributed by atoms with Crippen LogP contribution in [-0.2, 0) is 14.3 Å². The first kappa shape index (κ1) is 26.1. The van der Waals surface area contributed by atoms with E-state index in [1.165, 1.54) is 0 Å². The van der Waals surface area contributed by atoms with Crippen LogP contribution >= 0.6 is 0 Å². The van der Waals surface area contributed by atoms with Gasteiger partial charge in [0.1, 0.15) is 30.5 Å². The first-order valence-electron chi connectivity index (χ1n) is 12.7. The van der Waals surface area contributed by atoms with Gasteiger partial charge in [0.05, 0.1) is 25.0 Å². The molecule has 8 heteroatoms. The number of ether oxygens (including phenoxy) is 3. The topological polar surface area (TPSA) is 97.3 Å². The number of rotatable bonds is 2. The number of hydrogen-bond donors (Lipinski definition) is 2. The van der Waals surface area contributed by atoms with E-state index in [9.17, 15) is 4.79 Å². The average molecular weight is 497 g/mol. The van der Waals surface area contributed by atoms with Gasteiger partial charge in [-0.2, -0.15) is 0 Å². The predicted octanol–water partition coefficient (Wildman–Crippen LogP) is 3.48. The maximum Gasteiger partial charge on any atom is 0.300 e. The minimum Gasteiger partial charge on any atom is -0.491 e. The summed E-state index contributed by atoms with van der Waals surface area (Å²) in [6.07, 6.45) is 1.08. The number of benzene rings is 2. The predicted molar refractivity (Wildman–Crippen MR) is 135 cm³/mol. The van der Waals surface area contributed by atoms with E-state index in [0.29, 0.717) is 32.2 Å². The Hall–Kier alpha value is -2.94. The van der Waals surface area contributed by atoms with Gasteiger partial charge in [0.2, 0.25) is 0 Å². The van der Waals surface area contributed by atoms with Crippen LogP contribution in [-0.4, -0.2) is 67.8 Å². The van der Waals surface area contributed by atoms with E-state index in [-0.39, 0.29) is 23.9 Å². The van der Waals surface area contributed by atoms with Gasteiger partial charge >= 0.3 is 0 Å². The lowest BCUT2D eigenvalue weighted by Crippen LogP contribution is -2.59. The van der Waals surface area contributed by atoms with E-state index in [2.05, 4.69) is 29.3 Å². The largest absolute Gasteiger partial charge is 0.491 e. The van der Waals surface area contributed by atoms with Crippen LogP contribution in [0.2, 0.25) is 0 Å². The molecule has 0 amide bonds. The zero-order valence-electron chi connectivity index (χ0n) is 21.0. The third-order valence-electron chi connectivity index (χ3n) is 6.82. The molecule has 3 aliphatic heterocycles. The third-order valence-corrected chi connectivity index (χ3v) is 6.82. The Morgan fingerprint density at radius 3 is 1.86 bits per heavy atom. The van der Waals surface area contributed by atoms with Gasteiger partial charge in [0.15, 0.2) is 0 Å². The van der Waals surface area contributed by atoms with Crippen molar-refractivity contribution in [3.8, 4) is 11.5 Å². The molecule has 2 aromatic rings. The Morgan fingerprint density at radius 1 is 0.917 bits per heavy atom. The summed E-state index contributed by atoms with van der Waals surface area (Å²) in [5.41, 5.74) is 2.09. The lowest BCUT2D eigenvalue weighted by Gasteiger charge is -2.49. The molecule has 2 fully saturated rings. The maximum absolute atomic E-state index is 13.8. The van der Waals surface area contributed by atoms with Crippen molar-refractivity contribution in [1.29, 1.82) is 0 Å². The van der Waals surface area contributed by atoms with Gasteiger partial charge < -0.3 is 29.5 Å². The Kier molecular flexibility index (Phi) is 8.96. The molecule has 0 spiro atoms. The monoisotopic (exact) mass is 496 g/mol. The lowest BCUT2D eigenvalue weighted by molar-refractivity contribution is -0.138. The molecular formula is C28H36N2O6. The average Bonchev–Trinajstić information content (AvgIpc) is 2.85. The van der Waals surface area contributed by atoms with Crippen LogP contribution in [0, 0.1) is 11.8 Å². The van der Waals surface area contributed by atoms with Crippen molar-refractivity contribution in [2.24, 2.45) is 11.8 Å². The number of nitrogens with zero attached hydrogens (tertiary/aromatic N) is 1. The van der Waals surface area contributed by atoms with E-state index in [0.717, 1.165) is 55.6 Å². The molecule has 4 atom stereocenters. The highest BCUT2D eigenvalue weighted by Crippen LogP contribution is 2.45. The van der Waals surface area contributed by atoms with Crippen LogP contribution in [0.1, 0.15) is 43.5 Å². The van der Waals surface area contributed by atoms with Gasteiger partial charge in [0.25, 0.3) is 5.97 Å². The molecule has 5 rings (SSSR count). The minimum absolute atomic E-state index is 0.0986. The molecule has 4 bridgehead atoms. The van der Waals surface area contributed by atoms with Gasteiger partial charge in [-0.25, -0.2) is 0 Å². The van der Waals surface area contributed by atoms with Crippen LogP contribution in [0.15, 0.2) is 48.5 Å². The number of hydrogen-bond acceptors (Lipinski definition) is 7. The van der Waals surface area contributed by atoms with Gasteiger partial charge in [-0.15, -0.1) is 0 Å². The highest BCUT2D eigenvalue weighted by Gasteiger charge is 2.49. The number of aliphatic carboxylic acids is 1. The lowest BCUT2D eigenvalue weighted by atomic mass is 9.71. The fourth-order valence-electron chi connectivity index (χ4n) is 5.42. The first-order chi connectivity index (χ1) is 17.5. The van der Waals surface area contributed by atoms with Gasteiger partial charge in [-0.3, -0.25) is 9.59 Å². The normalized spacial score (nSPS) is 26.0. The van der Waals surface area contributed by atoms with Crippen molar-refractivity contribution >= 4 is 11.8 Å². The zero-order valence-corrected chi connectivity index (χ0v) is 21.0. The fourth-order valence-corrected chi connectivity index (χ4v) is 5.42. The fraction of sp³-hybridized carbons (Fsp3) is 0.500. The second-order valence-electron chi connectivity index (χ2n) is 9.40. The SMILES string of the molecule is CC(=O)O.CCCN1C[C@@H]2C(=O)[C@H](C1)[C@@H]1N[C@H]2c2ccccc2OCCOCCOc2ccccc21. The summed E-state index contributed by atoms with van der Waals surface area (Å²) in [6, 6.07) is 16.0. The number of ketones is 1. The number of carboxylic acids is 1. The summed E-state index contributed by atoms with van der Waals surface area (Å²) in [7, 11) is 0. The number of carbonyl (C=O) groups is 2.